The molecule has 0 aromatic heterocycles. The first-order valence-electron chi connectivity index (χ1n) is 4.94. The smallest absolute Gasteiger partial charge is 0.233 e. The van der Waals surface area contributed by atoms with Crippen LogP contribution in [0.5, 0.6) is 0 Å². The van der Waals surface area contributed by atoms with Crippen molar-refractivity contribution in [2.24, 2.45) is 10.7 Å². The standard InChI is InChI=1S/C9H16N2O2S2Si/c1-5(12)6-7(8(10)13)14-9(11-6)15-16(2,3)4/h6-7H,1-4H3,(H2,10,13). The molecular formula is C9H16N2O2S2Si. The molecule has 0 radical (unpaired) electrons. The second-order valence-electron chi connectivity index (χ2n) is 4.61. The summed E-state index contributed by atoms with van der Waals surface area (Å²) in [6.07, 6.45) is 0. The minimum absolute atomic E-state index is 0.0949. The molecule has 2 unspecified atom stereocenters. The number of hydrogen-bond acceptors (Lipinski definition) is 5. The Labute approximate surface area is 104 Å². The molecule has 0 aromatic rings. The number of nitrogens with zero attached hydrogens (tertiary/aromatic N) is 1. The molecule has 1 amide bonds. The maximum absolute atomic E-state index is 11.3. The van der Waals surface area contributed by atoms with Crippen molar-refractivity contribution in [2.75, 3.05) is 0 Å². The maximum atomic E-state index is 11.3. The number of Topliss-reactive ketones (excluding diaryl/α,β-unsaturated/α-hetero) is 1. The highest BCUT2D eigenvalue weighted by atomic mass is 32.4. The van der Waals surface area contributed by atoms with E-state index in [1.165, 1.54) is 18.7 Å². The number of carbonyl (C=O) groups excluding carboxylic acids is 2. The van der Waals surface area contributed by atoms with Crippen molar-refractivity contribution in [3.63, 3.8) is 0 Å². The number of thioether (sulfide) groups is 1. The Morgan fingerprint density at radius 1 is 1.44 bits per heavy atom. The SMILES string of the molecule is CC(=O)C1N=C(S[Si](C)(C)C)SC1C(N)=O. The fraction of sp³-hybridized carbons (Fsp3) is 0.667. The summed E-state index contributed by atoms with van der Waals surface area (Å²) in [6, 6.07) is -0.582. The number of hydrogen-bond donors (Lipinski definition) is 1. The number of nitrogens with two attached hydrogens (primary N) is 1. The Morgan fingerprint density at radius 2 is 2.00 bits per heavy atom. The highest BCUT2D eigenvalue weighted by Gasteiger charge is 2.38. The number of primary amides is 1. The summed E-state index contributed by atoms with van der Waals surface area (Å²) >= 11 is 3.03. The molecule has 0 spiro atoms. The van der Waals surface area contributed by atoms with Crippen LogP contribution in [0, 0.1) is 0 Å². The number of carbonyl (C=O) groups is 2. The van der Waals surface area contributed by atoms with Crippen LogP contribution in [0.4, 0.5) is 0 Å². The quantitative estimate of drug-likeness (QED) is 0.792. The minimum Gasteiger partial charge on any atom is -0.369 e. The zero-order valence-electron chi connectivity index (χ0n) is 9.81. The van der Waals surface area contributed by atoms with E-state index in [1.807, 2.05) is 0 Å². The van der Waals surface area contributed by atoms with Gasteiger partial charge in [-0.1, -0.05) is 31.4 Å². The van der Waals surface area contributed by atoms with Gasteiger partial charge in [0.25, 0.3) is 0 Å². The van der Waals surface area contributed by atoms with Crippen LogP contribution in [0.25, 0.3) is 0 Å². The van der Waals surface area contributed by atoms with Crippen molar-refractivity contribution in [1.29, 1.82) is 0 Å². The topological polar surface area (TPSA) is 72.5 Å². The van der Waals surface area contributed by atoms with Crippen LogP contribution in [0.3, 0.4) is 0 Å². The van der Waals surface area contributed by atoms with E-state index in [9.17, 15) is 9.59 Å². The summed E-state index contributed by atoms with van der Waals surface area (Å²) in [5.41, 5.74) is 5.27. The largest absolute Gasteiger partial charge is 0.369 e. The summed E-state index contributed by atoms with van der Waals surface area (Å²) in [5, 5.41) is -0.517. The Hall–Kier alpha value is -0.273. The van der Waals surface area contributed by atoms with Gasteiger partial charge in [0.2, 0.25) is 5.91 Å². The number of aliphatic imine (C=N–C) groups is 1. The molecular weight excluding hydrogens is 260 g/mol. The third-order valence-electron chi connectivity index (χ3n) is 1.85. The molecule has 0 saturated carbocycles. The van der Waals surface area contributed by atoms with E-state index in [0.717, 1.165) is 4.38 Å². The summed E-state index contributed by atoms with van der Waals surface area (Å²) < 4.78 is 0.836. The third-order valence-corrected chi connectivity index (χ3v) is 7.19. The highest BCUT2D eigenvalue weighted by molar-refractivity contribution is 8.52. The number of rotatable bonds is 3. The van der Waals surface area contributed by atoms with Crippen LogP contribution in [0.15, 0.2) is 4.99 Å². The first-order chi connectivity index (χ1) is 7.20. The van der Waals surface area contributed by atoms with Crippen LogP contribution in [-0.4, -0.2) is 34.6 Å². The predicted octanol–water partition coefficient (Wildman–Crippen LogP) is 1.47. The van der Waals surface area contributed by atoms with Gasteiger partial charge in [0.05, 0.1) is 0 Å². The second kappa shape index (κ2) is 4.93. The van der Waals surface area contributed by atoms with Gasteiger partial charge in [-0.3, -0.25) is 14.6 Å². The molecule has 0 fully saturated rings. The predicted molar refractivity (Wildman–Crippen MR) is 73.4 cm³/mol. The molecule has 7 heteroatoms. The molecule has 2 N–H and O–H groups in total. The summed E-state index contributed by atoms with van der Waals surface area (Å²) in [4.78, 5) is 26.9. The summed E-state index contributed by atoms with van der Waals surface area (Å²) in [6.45, 7) is 8.04. The lowest BCUT2D eigenvalue weighted by Crippen LogP contribution is -2.36. The monoisotopic (exact) mass is 276 g/mol. The Bertz CT molecular complexity index is 352. The average molecular weight is 276 g/mol. The van der Waals surface area contributed by atoms with Gasteiger partial charge in [0.1, 0.15) is 22.9 Å². The molecule has 2 atom stereocenters. The minimum atomic E-state index is -1.35. The molecule has 1 rings (SSSR count). The molecule has 1 heterocycles. The second-order valence-corrected chi connectivity index (χ2v) is 15.1. The van der Waals surface area contributed by atoms with Gasteiger partial charge in [-0.15, -0.1) is 11.2 Å². The Morgan fingerprint density at radius 3 is 2.31 bits per heavy atom. The van der Waals surface area contributed by atoms with Gasteiger partial charge in [-0.25, -0.2) is 0 Å². The van der Waals surface area contributed by atoms with E-state index in [2.05, 4.69) is 24.6 Å². The van der Waals surface area contributed by atoms with E-state index in [1.54, 1.807) is 11.2 Å². The molecule has 0 aromatic carbocycles. The third kappa shape index (κ3) is 3.64. The lowest BCUT2D eigenvalue weighted by atomic mass is 10.1. The molecule has 1 aliphatic rings. The van der Waals surface area contributed by atoms with E-state index in [-0.39, 0.29) is 5.78 Å². The fourth-order valence-electron chi connectivity index (χ4n) is 1.21. The highest BCUT2D eigenvalue weighted by Crippen LogP contribution is 2.36. The first kappa shape index (κ1) is 13.8. The number of amides is 1. The Balaban J connectivity index is 2.81. The van der Waals surface area contributed by atoms with Crippen LogP contribution in [-0.2, 0) is 9.59 Å². The molecule has 1 aliphatic heterocycles. The van der Waals surface area contributed by atoms with E-state index < -0.39 is 24.4 Å². The van der Waals surface area contributed by atoms with Crippen LogP contribution < -0.4 is 5.73 Å². The fourth-order valence-corrected chi connectivity index (χ4v) is 7.71. The maximum Gasteiger partial charge on any atom is 0.233 e. The summed E-state index contributed by atoms with van der Waals surface area (Å²) in [7, 11) is -1.35. The van der Waals surface area contributed by atoms with Crippen LogP contribution >= 0.6 is 23.0 Å². The van der Waals surface area contributed by atoms with Crippen molar-refractivity contribution in [3.8, 4) is 0 Å². The molecule has 0 saturated heterocycles. The lowest BCUT2D eigenvalue weighted by molar-refractivity contribution is -0.123. The van der Waals surface area contributed by atoms with Crippen molar-refractivity contribution in [2.45, 2.75) is 37.9 Å². The van der Waals surface area contributed by atoms with Crippen LogP contribution in [0.1, 0.15) is 6.92 Å². The van der Waals surface area contributed by atoms with Crippen molar-refractivity contribution in [3.05, 3.63) is 0 Å². The van der Waals surface area contributed by atoms with E-state index >= 15 is 0 Å². The first-order valence-corrected chi connectivity index (χ1v) is 10.9. The molecule has 0 aliphatic carbocycles. The lowest BCUT2D eigenvalue weighted by Gasteiger charge is -2.14. The van der Waals surface area contributed by atoms with E-state index in [4.69, 9.17) is 5.73 Å². The van der Waals surface area contributed by atoms with E-state index in [0.29, 0.717) is 0 Å². The van der Waals surface area contributed by atoms with Crippen molar-refractivity contribution >= 4 is 46.3 Å². The van der Waals surface area contributed by atoms with Crippen molar-refractivity contribution in [1.82, 2.24) is 0 Å². The Kier molecular flexibility index (Phi) is 4.25. The zero-order valence-corrected chi connectivity index (χ0v) is 12.4. The summed E-state index contributed by atoms with van der Waals surface area (Å²) in [5.74, 6) is -0.553. The molecule has 0 bridgehead atoms. The molecule has 16 heavy (non-hydrogen) atoms. The van der Waals surface area contributed by atoms with Gasteiger partial charge < -0.3 is 5.73 Å². The van der Waals surface area contributed by atoms with Crippen LogP contribution in [0.2, 0.25) is 19.6 Å². The van der Waals surface area contributed by atoms with Gasteiger partial charge >= 0.3 is 0 Å². The molecule has 90 valence electrons. The van der Waals surface area contributed by atoms with Crippen molar-refractivity contribution < 1.29 is 9.59 Å². The van der Waals surface area contributed by atoms with Gasteiger partial charge in [0, 0.05) is 0 Å². The average Bonchev–Trinajstić information content (AvgIpc) is 2.44. The normalized spacial score (nSPS) is 25.4. The van der Waals surface area contributed by atoms with Gasteiger partial charge in [0.15, 0.2) is 5.78 Å². The number of ketones is 1. The van der Waals surface area contributed by atoms with Gasteiger partial charge in [-0.2, -0.15) is 0 Å². The zero-order chi connectivity index (χ0) is 12.5. The molecule has 4 nitrogen and oxygen atoms in total. The van der Waals surface area contributed by atoms with Gasteiger partial charge in [-0.05, 0) is 6.92 Å².